The molecule has 8 aliphatic rings. The molecule has 0 aliphatic carbocycles. The van der Waals surface area contributed by atoms with Gasteiger partial charge in [-0.25, -0.2) is 0 Å². The summed E-state index contributed by atoms with van der Waals surface area (Å²) in [4.78, 5) is 10.3. The molecule has 0 spiro atoms. The number of benzene rings is 4. The highest BCUT2D eigenvalue weighted by Gasteiger charge is 2.72. The molecule has 0 aromatic heterocycles. The van der Waals surface area contributed by atoms with Gasteiger partial charge >= 0.3 is 0 Å². The van der Waals surface area contributed by atoms with Crippen LogP contribution in [-0.2, 0) is 21.7 Å². The van der Waals surface area contributed by atoms with E-state index in [2.05, 4.69) is 154 Å². The van der Waals surface area contributed by atoms with Gasteiger partial charge in [0.05, 0.1) is 35.5 Å². The fourth-order valence-corrected chi connectivity index (χ4v) is 13.8. The predicted octanol–water partition coefficient (Wildman–Crippen LogP) is 5.78. The van der Waals surface area contributed by atoms with Gasteiger partial charge in [0.2, 0.25) is 0 Å². The van der Waals surface area contributed by atoms with Crippen LogP contribution in [0.15, 0.2) is 84.9 Å². The fraction of sp³-hybridized carbons (Fsp3) is 0.455. The Kier molecular flexibility index (Phi) is 5.79. The van der Waals surface area contributed by atoms with E-state index in [0.29, 0.717) is 0 Å². The summed E-state index contributed by atoms with van der Waals surface area (Å²) in [5, 5.41) is 16.7. The molecule has 8 atom stereocenters. The SMILES string of the molecule is CN1CC[C@]2(c3cccc4c3N[C@@H]3N(C)CC[C@]43c3cccc4c3N[C@@H]3N(C)CC[C@]43[C@@]34CCN(C)[C@@H]3Nc3ccccc34)c3ccccc3N[C@H]12. The molecule has 0 unspecified atom stereocenters. The zero-order valence-electron chi connectivity index (χ0n) is 30.8. The van der Waals surface area contributed by atoms with E-state index in [4.69, 9.17) is 0 Å². The van der Waals surface area contributed by atoms with E-state index in [9.17, 15) is 0 Å². The summed E-state index contributed by atoms with van der Waals surface area (Å²) >= 11 is 0. The summed E-state index contributed by atoms with van der Waals surface area (Å²) in [5.41, 5.74) is 13.9. The quantitative estimate of drug-likeness (QED) is 0.216. The van der Waals surface area contributed by atoms with Crippen LogP contribution in [0.3, 0.4) is 0 Å². The lowest BCUT2D eigenvalue weighted by atomic mass is 9.54. The molecule has 4 fully saturated rings. The zero-order valence-corrected chi connectivity index (χ0v) is 30.8. The molecule has 0 saturated carbocycles. The third kappa shape index (κ3) is 3.17. The number of nitrogens with one attached hydrogen (secondary N) is 4. The highest BCUT2D eigenvalue weighted by atomic mass is 15.4. The largest absolute Gasteiger partial charge is 0.369 e. The van der Waals surface area contributed by atoms with E-state index in [1.54, 1.807) is 0 Å². The van der Waals surface area contributed by atoms with Crippen molar-refractivity contribution in [3.63, 3.8) is 0 Å². The van der Waals surface area contributed by atoms with Crippen molar-refractivity contribution >= 4 is 22.7 Å². The standard InChI is InChI=1S/C44H50N8/c1-49-23-19-41(27-11-5-7-17-33(27)45-37(41)49)29-13-9-14-30-35(29)47-38-42(30,20-24-50(38)2)31-15-10-16-32-36(31)48-40-44(32,22-26-52(40)4)43-21-25-51(3)39(43)46-34-18-8-6-12-28(34)43/h5-18,37-40,45-48H,19-26H2,1-4H3/t37-,38-,39+,40-,41-,42-,43-,44+/m1/s1. The molecule has 12 rings (SSSR count). The summed E-state index contributed by atoms with van der Waals surface area (Å²) < 4.78 is 0. The second kappa shape index (κ2) is 9.91. The molecule has 4 saturated heterocycles. The summed E-state index contributed by atoms with van der Waals surface area (Å²) in [6.45, 7) is 4.34. The van der Waals surface area contributed by atoms with Crippen LogP contribution < -0.4 is 21.3 Å². The van der Waals surface area contributed by atoms with Gasteiger partial charge in [0.15, 0.2) is 0 Å². The first-order valence-electron chi connectivity index (χ1n) is 19.7. The van der Waals surface area contributed by atoms with Gasteiger partial charge in [-0.3, -0.25) is 19.6 Å². The van der Waals surface area contributed by atoms with Gasteiger partial charge in [-0.2, -0.15) is 0 Å². The molecule has 0 bridgehead atoms. The van der Waals surface area contributed by atoms with Crippen LogP contribution in [0.1, 0.15) is 59.1 Å². The van der Waals surface area contributed by atoms with E-state index in [1.165, 1.54) is 56.1 Å². The van der Waals surface area contributed by atoms with Crippen LogP contribution in [0, 0.1) is 0 Å². The predicted molar refractivity (Wildman–Crippen MR) is 209 cm³/mol. The van der Waals surface area contributed by atoms with Crippen LogP contribution in [-0.4, -0.2) is 98.6 Å². The average Bonchev–Trinajstić information content (AvgIpc) is 4.03. The lowest BCUT2D eigenvalue weighted by Gasteiger charge is -2.48. The topological polar surface area (TPSA) is 61.1 Å². The van der Waals surface area contributed by atoms with E-state index >= 15 is 0 Å². The Bertz CT molecular complexity index is 2180. The Hall–Kier alpha value is -4.08. The highest BCUT2D eigenvalue weighted by molar-refractivity contribution is 5.81. The first kappa shape index (κ1) is 30.4. The maximum absolute atomic E-state index is 4.36. The summed E-state index contributed by atoms with van der Waals surface area (Å²) in [5.74, 6) is 0. The number of rotatable bonds is 3. The lowest BCUT2D eigenvalue weighted by molar-refractivity contribution is 0.147. The smallest absolute Gasteiger partial charge is 0.0933 e. The Balaban J connectivity index is 1.08. The monoisotopic (exact) mass is 690 g/mol. The minimum Gasteiger partial charge on any atom is -0.369 e. The van der Waals surface area contributed by atoms with Crippen LogP contribution in [0.2, 0.25) is 0 Å². The number of fused-ring (bicyclic) bond motifs is 13. The first-order valence-corrected chi connectivity index (χ1v) is 19.7. The number of hydrogen-bond acceptors (Lipinski definition) is 8. The van der Waals surface area contributed by atoms with Crippen molar-refractivity contribution in [3.05, 3.63) is 118 Å². The molecule has 0 radical (unpaired) electrons. The van der Waals surface area contributed by atoms with E-state index < -0.39 is 0 Å². The van der Waals surface area contributed by atoms with Gasteiger partial charge in [-0.1, -0.05) is 72.8 Å². The summed E-state index contributed by atoms with van der Waals surface area (Å²) in [6, 6.07) is 33.0. The summed E-state index contributed by atoms with van der Waals surface area (Å²) in [6.07, 6.45) is 5.43. The summed E-state index contributed by atoms with van der Waals surface area (Å²) in [7, 11) is 9.31. The van der Waals surface area contributed by atoms with Crippen molar-refractivity contribution in [2.45, 2.75) is 72.0 Å². The van der Waals surface area contributed by atoms with Crippen LogP contribution in [0.5, 0.6) is 0 Å². The molecule has 4 aromatic rings. The molecule has 4 N–H and O–H groups in total. The number of hydrogen-bond donors (Lipinski definition) is 4. The molecular formula is C44H50N8. The molecule has 8 heterocycles. The fourth-order valence-electron chi connectivity index (χ4n) is 13.8. The van der Waals surface area contributed by atoms with Crippen molar-refractivity contribution in [1.82, 2.24) is 19.6 Å². The number of para-hydroxylation sites is 4. The Labute approximate surface area is 307 Å². The average molecular weight is 691 g/mol. The molecule has 52 heavy (non-hydrogen) atoms. The first-order chi connectivity index (χ1) is 25.4. The maximum Gasteiger partial charge on any atom is 0.0933 e. The second-order valence-corrected chi connectivity index (χ2v) is 17.5. The number of anilines is 4. The second-order valence-electron chi connectivity index (χ2n) is 17.5. The highest BCUT2D eigenvalue weighted by Crippen LogP contribution is 2.68. The number of nitrogens with zero attached hydrogens (tertiary/aromatic N) is 4. The third-order valence-corrected chi connectivity index (χ3v) is 15.9. The normalized spacial score (nSPS) is 38.0. The van der Waals surface area contributed by atoms with Crippen LogP contribution in [0.25, 0.3) is 0 Å². The van der Waals surface area contributed by atoms with Crippen molar-refractivity contribution in [3.8, 4) is 0 Å². The minimum atomic E-state index is -0.172. The molecule has 8 nitrogen and oxygen atoms in total. The van der Waals surface area contributed by atoms with Gasteiger partial charge in [-0.15, -0.1) is 0 Å². The Morgan fingerprint density at radius 1 is 0.404 bits per heavy atom. The maximum atomic E-state index is 4.36. The molecule has 0 amide bonds. The molecular weight excluding hydrogens is 641 g/mol. The van der Waals surface area contributed by atoms with Gasteiger partial charge in [0.1, 0.15) is 0 Å². The lowest BCUT2D eigenvalue weighted by Crippen LogP contribution is -2.60. The van der Waals surface area contributed by atoms with Gasteiger partial charge in [0.25, 0.3) is 0 Å². The zero-order chi connectivity index (χ0) is 34.8. The van der Waals surface area contributed by atoms with Crippen molar-refractivity contribution < 1.29 is 0 Å². The van der Waals surface area contributed by atoms with Gasteiger partial charge in [0, 0.05) is 59.8 Å². The van der Waals surface area contributed by atoms with Crippen molar-refractivity contribution in [1.29, 1.82) is 0 Å². The van der Waals surface area contributed by atoms with Crippen molar-refractivity contribution in [2.75, 3.05) is 75.6 Å². The van der Waals surface area contributed by atoms with E-state index in [1.807, 2.05) is 0 Å². The van der Waals surface area contributed by atoms with Crippen molar-refractivity contribution in [2.24, 2.45) is 0 Å². The Morgan fingerprint density at radius 3 is 1.44 bits per heavy atom. The van der Waals surface area contributed by atoms with Crippen LogP contribution in [0.4, 0.5) is 22.7 Å². The van der Waals surface area contributed by atoms with Crippen LogP contribution >= 0.6 is 0 Å². The molecule has 4 aromatic carbocycles. The Morgan fingerprint density at radius 2 is 0.788 bits per heavy atom. The van der Waals surface area contributed by atoms with Gasteiger partial charge in [-0.05, 0) is 99.4 Å². The van der Waals surface area contributed by atoms with E-state index in [0.717, 1.165) is 51.9 Å². The molecule has 266 valence electrons. The van der Waals surface area contributed by atoms with Gasteiger partial charge < -0.3 is 21.3 Å². The molecule has 8 heteroatoms. The molecule has 8 aliphatic heterocycles. The minimum absolute atomic E-state index is 0.0290. The van der Waals surface area contributed by atoms with E-state index in [-0.39, 0.29) is 46.3 Å². The number of likely N-dealkylation sites (tertiary alicyclic amines) is 4. The number of likely N-dealkylation sites (N-methyl/N-ethyl adjacent to an activating group) is 4. The third-order valence-electron chi connectivity index (χ3n) is 15.9.